The molecule has 2 N–H and O–H groups in total. The number of nitrogens with two attached hydrogens (primary N) is 1. The molecule has 1 aliphatic rings. The van der Waals surface area contributed by atoms with Crippen molar-refractivity contribution in [2.75, 3.05) is 33.4 Å². The van der Waals surface area contributed by atoms with Crippen molar-refractivity contribution in [2.24, 2.45) is 5.73 Å². The summed E-state index contributed by atoms with van der Waals surface area (Å²) < 4.78 is 23.9. The van der Waals surface area contributed by atoms with Crippen LogP contribution in [0.2, 0.25) is 0 Å². The maximum Gasteiger partial charge on any atom is 0.165 e. The van der Waals surface area contributed by atoms with Gasteiger partial charge in [0.25, 0.3) is 0 Å². The van der Waals surface area contributed by atoms with Gasteiger partial charge in [-0.1, -0.05) is 6.07 Å². The van der Waals surface area contributed by atoms with Crippen molar-refractivity contribution >= 4 is 0 Å². The molecule has 1 unspecified atom stereocenters. The van der Waals surface area contributed by atoms with Gasteiger partial charge in [0.05, 0.1) is 20.3 Å². The summed E-state index contributed by atoms with van der Waals surface area (Å²) in [6.45, 7) is 3.42. The van der Waals surface area contributed by atoms with Gasteiger partial charge < -0.3 is 15.2 Å². The fourth-order valence-corrected chi connectivity index (χ4v) is 2.16. The van der Waals surface area contributed by atoms with E-state index >= 15 is 0 Å². The molecule has 1 aliphatic heterocycles. The predicted octanol–water partition coefficient (Wildman–Crippen LogP) is 0.994. The topological polar surface area (TPSA) is 47.7 Å². The quantitative estimate of drug-likeness (QED) is 0.870. The monoisotopic (exact) mass is 254 g/mol. The predicted molar refractivity (Wildman–Crippen MR) is 67.0 cm³/mol. The Kier molecular flexibility index (Phi) is 4.52. The molecule has 0 radical (unpaired) electrons. The summed E-state index contributed by atoms with van der Waals surface area (Å²) in [6, 6.07) is 5.26. The lowest BCUT2D eigenvalue weighted by atomic mass is 10.1. The van der Waals surface area contributed by atoms with Crippen molar-refractivity contribution in [1.29, 1.82) is 0 Å². The molecule has 18 heavy (non-hydrogen) atoms. The Labute approximate surface area is 106 Å². The molecule has 4 nitrogen and oxygen atoms in total. The van der Waals surface area contributed by atoms with E-state index < -0.39 is 0 Å². The molecule has 1 fully saturated rings. The van der Waals surface area contributed by atoms with E-state index in [1.165, 1.54) is 13.2 Å². The lowest BCUT2D eigenvalue weighted by Gasteiger charge is -2.34. The maximum atomic E-state index is 13.6. The first-order chi connectivity index (χ1) is 8.74. The van der Waals surface area contributed by atoms with Crippen molar-refractivity contribution in [3.8, 4) is 5.75 Å². The van der Waals surface area contributed by atoms with Gasteiger partial charge >= 0.3 is 0 Å². The number of benzene rings is 1. The van der Waals surface area contributed by atoms with E-state index in [4.69, 9.17) is 15.2 Å². The summed E-state index contributed by atoms with van der Waals surface area (Å²) in [6.07, 6.45) is 0. The van der Waals surface area contributed by atoms with Gasteiger partial charge in [0.1, 0.15) is 0 Å². The molecule has 0 aromatic heterocycles. The molecule has 0 aliphatic carbocycles. The third-order valence-corrected chi connectivity index (χ3v) is 3.22. The van der Waals surface area contributed by atoms with Crippen LogP contribution >= 0.6 is 0 Å². The number of nitrogens with zero attached hydrogens (tertiary/aromatic N) is 1. The fourth-order valence-electron chi connectivity index (χ4n) is 2.16. The summed E-state index contributed by atoms with van der Waals surface area (Å²) in [5.41, 5.74) is 6.63. The standard InChI is InChI=1S/C13H19FN2O2/c1-17-13-3-2-10(6-12(13)14)8-16-4-5-18-9-11(16)7-15/h2-3,6,11H,4-5,7-9,15H2,1H3. The Hall–Kier alpha value is -1.17. The molecule has 0 amide bonds. The molecule has 0 bridgehead atoms. The number of ether oxygens (including phenoxy) is 2. The normalized spacial score (nSPS) is 20.9. The van der Waals surface area contributed by atoms with Crippen molar-refractivity contribution in [3.05, 3.63) is 29.6 Å². The number of rotatable bonds is 4. The minimum Gasteiger partial charge on any atom is -0.494 e. The molecule has 1 aromatic rings. The molecule has 2 rings (SSSR count). The van der Waals surface area contributed by atoms with E-state index in [1.807, 2.05) is 6.07 Å². The Morgan fingerprint density at radius 3 is 3.06 bits per heavy atom. The van der Waals surface area contributed by atoms with Crippen LogP contribution in [0.4, 0.5) is 4.39 Å². The van der Waals surface area contributed by atoms with Crippen LogP contribution in [-0.4, -0.2) is 44.4 Å². The van der Waals surface area contributed by atoms with Crippen LogP contribution in [0.3, 0.4) is 0 Å². The summed E-state index contributed by atoms with van der Waals surface area (Å²) in [7, 11) is 1.46. The largest absolute Gasteiger partial charge is 0.494 e. The first-order valence-electron chi connectivity index (χ1n) is 6.09. The molecule has 0 saturated carbocycles. The maximum absolute atomic E-state index is 13.6. The van der Waals surface area contributed by atoms with Crippen molar-refractivity contribution in [1.82, 2.24) is 4.90 Å². The molecular weight excluding hydrogens is 235 g/mol. The highest BCUT2D eigenvalue weighted by atomic mass is 19.1. The van der Waals surface area contributed by atoms with E-state index in [0.717, 1.165) is 12.1 Å². The third-order valence-electron chi connectivity index (χ3n) is 3.22. The number of methoxy groups -OCH3 is 1. The van der Waals surface area contributed by atoms with Gasteiger partial charge in [-0.05, 0) is 17.7 Å². The van der Waals surface area contributed by atoms with Crippen molar-refractivity contribution in [3.63, 3.8) is 0 Å². The minimum absolute atomic E-state index is 0.212. The fraction of sp³-hybridized carbons (Fsp3) is 0.538. The summed E-state index contributed by atoms with van der Waals surface area (Å²) in [5, 5.41) is 0. The molecule has 1 saturated heterocycles. The zero-order valence-corrected chi connectivity index (χ0v) is 10.6. The van der Waals surface area contributed by atoms with Crippen LogP contribution in [0.1, 0.15) is 5.56 Å². The minimum atomic E-state index is -0.326. The van der Waals surface area contributed by atoms with E-state index in [2.05, 4.69) is 4.90 Å². The highest BCUT2D eigenvalue weighted by molar-refractivity contribution is 5.29. The van der Waals surface area contributed by atoms with Gasteiger partial charge in [-0.3, -0.25) is 4.90 Å². The molecule has 100 valence electrons. The van der Waals surface area contributed by atoms with Gasteiger partial charge in [0.2, 0.25) is 0 Å². The number of hydrogen-bond acceptors (Lipinski definition) is 4. The van der Waals surface area contributed by atoms with Crippen LogP contribution in [0.5, 0.6) is 5.75 Å². The zero-order chi connectivity index (χ0) is 13.0. The second kappa shape index (κ2) is 6.13. The summed E-state index contributed by atoms with van der Waals surface area (Å²) >= 11 is 0. The van der Waals surface area contributed by atoms with E-state index in [-0.39, 0.29) is 17.6 Å². The lowest BCUT2D eigenvalue weighted by Crippen LogP contribution is -2.48. The average Bonchev–Trinajstić information content (AvgIpc) is 2.39. The smallest absolute Gasteiger partial charge is 0.165 e. The van der Waals surface area contributed by atoms with Crippen LogP contribution in [-0.2, 0) is 11.3 Å². The number of halogens is 1. The van der Waals surface area contributed by atoms with Crippen LogP contribution in [0, 0.1) is 5.82 Å². The molecule has 5 heteroatoms. The Morgan fingerprint density at radius 1 is 1.56 bits per heavy atom. The highest BCUT2D eigenvalue weighted by Gasteiger charge is 2.21. The van der Waals surface area contributed by atoms with Crippen molar-refractivity contribution in [2.45, 2.75) is 12.6 Å². The first-order valence-corrected chi connectivity index (χ1v) is 6.09. The molecule has 1 aromatic carbocycles. The average molecular weight is 254 g/mol. The number of morpholine rings is 1. The van der Waals surface area contributed by atoms with Crippen LogP contribution < -0.4 is 10.5 Å². The molecule has 0 spiro atoms. The molecule has 1 heterocycles. The van der Waals surface area contributed by atoms with E-state index in [0.29, 0.717) is 26.3 Å². The first kappa shape index (κ1) is 13.3. The van der Waals surface area contributed by atoms with Gasteiger partial charge in [0, 0.05) is 25.7 Å². The second-order valence-corrected chi connectivity index (χ2v) is 4.40. The van der Waals surface area contributed by atoms with Crippen LogP contribution in [0.25, 0.3) is 0 Å². The summed E-state index contributed by atoms with van der Waals surface area (Å²) in [5.74, 6) is -0.0522. The lowest BCUT2D eigenvalue weighted by molar-refractivity contribution is -0.00796. The third kappa shape index (κ3) is 2.98. The summed E-state index contributed by atoms with van der Waals surface area (Å²) in [4.78, 5) is 2.23. The Bertz CT molecular complexity index is 401. The Morgan fingerprint density at radius 2 is 2.39 bits per heavy atom. The SMILES string of the molecule is COc1ccc(CN2CCOCC2CN)cc1F. The second-order valence-electron chi connectivity index (χ2n) is 4.40. The van der Waals surface area contributed by atoms with Gasteiger partial charge in [-0.15, -0.1) is 0 Å². The van der Waals surface area contributed by atoms with Crippen molar-refractivity contribution < 1.29 is 13.9 Å². The molecular formula is C13H19FN2O2. The van der Waals surface area contributed by atoms with Gasteiger partial charge in [-0.25, -0.2) is 4.39 Å². The van der Waals surface area contributed by atoms with Crippen LogP contribution in [0.15, 0.2) is 18.2 Å². The van der Waals surface area contributed by atoms with Gasteiger partial charge in [0.15, 0.2) is 11.6 Å². The van der Waals surface area contributed by atoms with E-state index in [9.17, 15) is 4.39 Å². The Balaban J connectivity index is 2.05. The number of hydrogen-bond donors (Lipinski definition) is 1. The molecule has 1 atom stereocenters. The highest BCUT2D eigenvalue weighted by Crippen LogP contribution is 2.19. The van der Waals surface area contributed by atoms with E-state index in [1.54, 1.807) is 6.07 Å². The zero-order valence-electron chi connectivity index (χ0n) is 10.6. The van der Waals surface area contributed by atoms with Gasteiger partial charge in [-0.2, -0.15) is 0 Å².